The number of ether oxygens (including phenoxy) is 2. The number of anilines is 1. The van der Waals surface area contributed by atoms with Gasteiger partial charge in [-0.2, -0.15) is 5.10 Å². The molecule has 2 aliphatic rings. The fourth-order valence-electron chi connectivity index (χ4n) is 7.05. The SMILES string of the molecule is COc1ccc(C2CCC(CN(C(=O)C3CCC(OCCCO)CC3)c3cccc(-c4cnn(C(C)C)c4)c3)CC2)cc1C. The number of aromatic nitrogens is 2. The average Bonchev–Trinajstić information content (AvgIpc) is 3.55. The van der Waals surface area contributed by atoms with Crippen molar-refractivity contribution in [1.82, 2.24) is 9.78 Å². The molecule has 1 heterocycles. The van der Waals surface area contributed by atoms with Crippen molar-refractivity contribution in [2.24, 2.45) is 11.8 Å². The zero-order chi connectivity index (χ0) is 31.1. The number of benzene rings is 2. The fourth-order valence-corrected chi connectivity index (χ4v) is 7.05. The Hall–Kier alpha value is -3.16. The van der Waals surface area contributed by atoms with E-state index in [0.717, 1.165) is 80.5 Å². The predicted octanol–water partition coefficient (Wildman–Crippen LogP) is 7.71. The Labute approximate surface area is 263 Å². The van der Waals surface area contributed by atoms with Crippen molar-refractivity contribution in [3.63, 3.8) is 0 Å². The van der Waals surface area contributed by atoms with Gasteiger partial charge in [0.1, 0.15) is 5.75 Å². The highest BCUT2D eigenvalue weighted by Crippen LogP contribution is 2.39. The molecule has 0 unspecified atom stereocenters. The van der Waals surface area contributed by atoms with Gasteiger partial charge in [-0.25, -0.2) is 0 Å². The monoisotopic (exact) mass is 601 g/mol. The van der Waals surface area contributed by atoms with Crippen molar-refractivity contribution in [2.75, 3.05) is 31.8 Å². The molecule has 2 fully saturated rings. The lowest BCUT2D eigenvalue weighted by Gasteiger charge is -2.36. The molecular weight excluding hydrogens is 550 g/mol. The van der Waals surface area contributed by atoms with E-state index in [1.165, 1.54) is 11.1 Å². The minimum atomic E-state index is 0.0126. The first-order chi connectivity index (χ1) is 21.4. The van der Waals surface area contributed by atoms with E-state index in [2.05, 4.69) is 79.4 Å². The van der Waals surface area contributed by atoms with Crippen LogP contribution in [0.25, 0.3) is 11.1 Å². The second kappa shape index (κ2) is 15.2. The number of aliphatic hydroxyl groups excluding tert-OH is 1. The molecule has 2 saturated carbocycles. The molecular formula is C37H51N3O4. The summed E-state index contributed by atoms with van der Waals surface area (Å²) in [7, 11) is 1.73. The Balaban J connectivity index is 1.30. The third-order valence-corrected chi connectivity index (χ3v) is 9.75. The molecule has 7 heteroatoms. The summed E-state index contributed by atoms with van der Waals surface area (Å²) >= 11 is 0. The van der Waals surface area contributed by atoms with E-state index in [4.69, 9.17) is 14.6 Å². The van der Waals surface area contributed by atoms with E-state index in [0.29, 0.717) is 30.9 Å². The van der Waals surface area contributed by atoms with Gasteiger partial charge in [-0.15, -0.1) is 0 Å². The molecule has 0 saturated heterocycles. The molecule has 2 aromatic carbocycles. The summed E-state index contributed by atoms with van der Waals surface area (Å²) < 4.78 is 13.4. The number of aliphatic hydroxyl groups is 1. The lowest BCUT2D eigenvalue weighted by Crippen LogP contribution is -2.42. The minimum absolute atomic E-state index is 0.0126. The van der Waals surface area contributed by atoms with Crippen molar-refractivity contribution < 1.29 is 19.4 Å². The fraction of sp³-hybridized carbons (Fsp3) is 0.568. The van der Waals surface area contributed by atoms with Crippen LogP contribution >= 0.6 is 0 Å². The first-order valence-corrected chi connectivity index (χ1v) is 16.7. The van der Waals surface area contributed by atoms with Crippen LogP contribution in [-0.2, 0) is 9.53 Å². The molecule has 238 valence electrons. The van der Waals surface area contributed by atoms with Gasteiger partial charge in [-0.05, 0) is 125 Å². The molecule has 1 N–H and O–H groups in total. The topological polar surface area (TPSA) is 76.8 Å². The summed E-state index contributed by atoms with van der Waals surface area (Å²) in [6, 6.07) is 15.4. The van der Waals surface area contributed by atoms with Gasteiger partial charge in [-0.1, -0.05) is 24.3 Å². The van der Waals surface area contributed by atoms with E-state index in [9.17, 15) is 4.79 Å². The van der Waals surface area contributed by atoms with Crippen molar-refractivity contribution >= 4 is 11.6 Å². The zero-order valence-electron chi connectivity index (χ0n) is 27.1. The summed E-state index contributed by atoms with van der Waals surface area (Å²) in [5.74, 6) is 2.24. The van der Waals surface area contributed by atoms with Crippen LogP contribution in [0.5, 0.6) is 5.75 Å². The van der Waals surface area contributed by atoms with E-state index < -0.39 is 0 Å². The van der Waals surface area contributed by atoms with Crippen LogP contribution in [-0.4, -0.2) is 53.8 Å². The lowest BCUT2D eigenvalue weighted by atomic mass is 9.78. The van der Waals surface area contributed by atoms with Gasteiger partial charge < -0.3 is 19.5 Å². The maximum Gasteiger partial charge on any atom is 0.230 e. The first-order valence-electron chi connectivity index (χ1n) is 16.7. The molecule has 44 heavy (non-hydrogen) atoms. The Morgan fingerprint density at radius 3 is 2.45 bits per heavy atom. The number of aryl methyl sites for hydroxylation is 1. The standard InChI is InChI=1S/C37H51N3O4/c1-26(2)40-25-33(23-38-40)31-7-5-8-34(22-31)39(37(42)30-13-16-35(17-14-30)44-20-6-19-41)24-28-9-11-29(12-10-28)32-15-18-36(43-4)27(3)21-32/h5,7-8,15,18,21-23,25-26,28-30,35,41H,6,9-14,16-17,19-20,24H2,1-4H3. The third kappa shape index (κ3) is 7.91. The lowest BCUT2D eigenvalue weighted by molar-refractivity contribution is -0.124. The zero-order valence-corrected chi connectivity index (χ0v) is 27.1. The molecule has 7 nitrogen and oxygen atoms in total. The predicted molar refractivity (Wildman–Crippen MR) is 176 cm³/mol. The van der Waals surface area contributed by atoms with Gasteiger partial charge in [0, 0.05) is 49.2 Å². The summed E-state index contributed by atoms with van der Waals surface area (Å²) in [4.78, 5) is 16.4. The van der Waals surface area contributed by atoms with E-state index in [-0.39, 0.29) is 24.5 Å². The van der Waals surface area contributed by atoms with Gasteiger partial charge in [0.15, 0.2) is 0 Å². The smallest absolute Gasteiger partial charge is 0.230 e. The van der Waals surface area contributed by atoms with E-state index in [1.807, 2.05) is 10.9 Å². The molecule has 0 radical (unpaired) electrons. The van der Waals surface area contributed by atoms with Crippen molar-refractivity contribution in [3.05, 3.63) is 66.0 Å². The maximum atomic E-state index is 14.3. The number of rotatable bonds is 12. The van der Waals surface area contributed by atoms with Crippen molar-refractivity contribution in [1.29, 1.82) is 0 Å². The molecule has 1 amide bonds. The van der Waals surface area contributed by atoms with Crippen LogP contribution in [0.1, 0.15) is 94.7 Å². The van der Waals surface area contributed by atoms with Gasteiger partial charge in [0.05, 0.1) is 19.4 Å². The number of nitrogens with zero attached hydrogens (tertiary/aromatic N) is 3. The summed E-state index contributed by atoms with van der Waals surface area (Å²) in [6.07, 6.45) is 12.9. The Morgan fingerprint density at radius 1 is 1.02 bits per heavy atom. The number of carbonyl (C=O) groups excluding carboxylic acids is 1. The van der Waals surface area contributed by atoms with Crippen LogP contribution in [0.15, 0.2) is 54.9 Å². The van der Waals surface area contributed by atoms with Crippen molar-refractivity contribution in [3.8, 4) is 16.9 Å². The second-order valence-electron chi connectivity index (χ2n) is 13.2. The summed E-state index contributed by atoms with van der Waals surface area (Å²) in [5, 5.41) is 13.6. The molecule has 3 aromatic rings. The largest absolute Gasteiger partial charge is 0.496 e. The number of carbonyl (C=O) groups is 1. The van der Waals surface area contributed by atoms with Gasteiger partial charge in [0.25, 0.3) is 0 Å². The average molecular weight is 602 g/mol. The van der Waals surface area contributed by atoms with Gasteiger partial charge in [0.2, 0.25) is 5.91 Å². The number of amides is 1. The van der Waals surface area contributed by atoms with Crippen molar-refractivity contribution in [2.45, 2.75) is 96.6 Å². The molecule has 2 aliphatic carbocycles. The highest BCUT2D eigenvalue weighted by atomic mass is 16.5. The maximum absolute atomic E-state index is 14.3. The minimum Gasteiger partial charge on any atom is -0.496 e. The quantitative estimate of drug-likeness (QED) is 0.215. The molecule has 1 aromatic heterocycles. The summed E-state index contributed by atoms with van der Waals surface area (Å²) in [5.41, 5.74) is 5.74. The van der Waals surface area contributed by atoms with Gasteiger partial charge >= 0.3 is 0 Å². The molecule has 0 spiro atoms. The van der Waals surface area contributed by atoms with Gasteiger partial charge in [-0.3, -0.25) is 9.48 Å². The Bertz CT molecular complexity index is 1350. The van der Waals surface area contributed by atoms with Crippen LogP contribution in [0.3, 0.4) is 0 Å². The molecule has 0 atom stereocenters. The van der Waals surface area contributed by atoms with Crippen LogP contribution in [0, 0.1) is 18.8 Å². The van der Waals surface area contributed by atoms with Crippen LogP contribution in [0.4, 0.5) is 5.69 Å². The summed E-state index contributed by atoms with van der Waals surface area (Å²) in [6.45, 7) is 7.88. The highest BCUT2D eigenvalue weighted by molar-refractivity contribution is 5.95. The second-order valence-corrected chi connectivity index (χ2v) is 13.2. The number of hydrogen-bond acceptors (Lipinski definition) is 5. The van der Waals surface area contributed by atoms with Crippen LogP contribution < -0.4 is 9.64 Å². The van der Waals surface area contributed by atoms with E-state index >= 15 is 0 Å². The molecule has 5 rings (SSSR count). The Kier molecular flexibility index (Phi) is 11.2. The Morgan fingerprint density at radius 2 is 1.80 bits per heavy atom. The third-order valence-electron chi connectivity index (χ3n) is 9.75. The number of hydrogen-bond donors (Lipinski definition) is 1. The molecule has 0 aliphatic heterocycles. The molecule has 0 bridgehead atoms. The van der Waals surface area contributed by atoms with Crippen LogP contribution in [0.2, 0.25) is 0 Å². The first kappa shape index (κ1) is 32.2. The normalized spacial score (nSPS) is 22.2. The highest BCUT2D eigenvalue weighted by Gasteiger charge is 2.33. The van der Waals surface area contributed by atoms with E-state index in [1.54, 1.807) is 7.11 Å². The number of methoxy groups -OCH3 is 1.